The number of hydrogen-bond donors (Lipinski definition) is 0. The first-order valence-corrected chi connectivity index (χ1v) is 6.82. The van der Waals surface area contributed by atoms with Crippen LogP contribution in [0, 0.1) is 11.8 Å². The maximum atomic E-state index is 3.68. The van der Waals surface area contributed by atoms with Crippen LogP contribution < -0.4 is 0 Å². The van der Waals surface area contributed by atoms with Crippen molar-refractivity contribution in [3.05, 3.63) is 21.1 Å². The van der Waals surface area contributed by atoms with Gasteiger partial charge >= 0.3 is 0 Å². The molecule has 66 valence electrons. The van der Waals surface area contributed by atoms with Crippen LogP contribution in [0.25, 0.3) is 0 Å². The van der Waals surface area contributed by atoms with Crippen LogP contribution in [0.1, 0.15) is 6.42 Å². The van der Waals surface area contributed by atoms with Crippen LogP contribution in [0.5, 0.6) is 0 Å². The van der Waals surface area contributed by atoms with Crippen LogP contribution in [-0.2, 0) is 0 Å². The van der Waals surface area contributed by atoms with Crippen LogP contribution in [0.2, 0.25) is 0 Å². The van der Waals surface area contributed by atoms with E-state index < -0.39 is 0 Å². The molecule has 0 aromatic heterocycles. The van der Waals surface area contributed by atoms with E-state index in [4.69, 9.17) is 0 Å². The first-order valence-electron chi connectivity index (χ1n) is 3.65. The molecule has 0 spiro atoms. The van der Waals surface area contributed by atoms with Gasteiger partial charge in [0.2, 0.25) is 0 Å². The highest BCUT2D eigenvalue weighted by atomic mass is 79.9. The van der Waals surface area contributed by atoms with Crippen molar-refractivity contribution in [2.24, 2.45) is 11.8 Å². The molecular weight excluding hydrogens is 416 g/mol. The Hall–Kier alpha value is 1.40. The Morgan fingerprint density at radius 1 is 1.25 bits per heavy atom. The molecule has 0 aromatic rings. The van der Waals surface area contributed by atoms with Gasteiger partial charge in [-0.25, -0.2) is 0 Å². The summed E-state index contributed by atoms with van der Waals surface area (Å²) in [6, 6.07) is 0. The van der Waals surface area contributed by atoms with E-state index >= 15 is 0 Å². The molecule has 0 amide bonds. The Morgan fingerprint density at radius 2 is 1.92 bits per heavy atom. The van der Waals surface area contributed by atoms with Gasteiger partial charge < -0.3 is 0 Å². The summed E-state index contributed by atoms with van der Waals surface area (Å²) in [5.74, 6) is 1.13. The minimum absolute atomic E-state index is 0.0949. The molecule has 0 fully saturated rings. The summed E-state index contributed by atoms with van der Waals surface area (Å²) in [6.07, 6.45) is 5.72. The van der Waals surface area contributed by atoms with Crippen molar-refractivity contribution in [1.29, 1.82) is 0 Å². The van der Waals surface area contributed by atoms with Gasteiger partial charge in [0.15, 0.2) is 0 Å². The molecule has 0 nitrogen and oxygen atoms in total. The zero-order valence-electron chi connectivity index (χ0n) is 6.03. The molecule has 0 radical (unpaired) electrons. The van der Waals surface area contributed by atoms with Gasteiger partial charge in [0.05, 0.1) is 0 Å². The highest BCUT2D eigenvalue weighted by Crippen LogP contribution is 2.57. The Labute approximate surface area is 105 Å². The normalized spacial score (nSPS) is 37.7. The summed E-state index contributed by atoms with van der Waals surface area (Å²) >= 11 is 14.6. The topological polar surface area (TPSA) is 0 Å². The maximum Gasteiger partial charge on any atom is 0.119 e. The molecule has 0 aromatic carbocycles. The van der Waals surface area contributed by atoms with E-state index in [1.807, 2.05) is 0 Å². The lowest BCUT2D eigenvalue weighted by atomic mass is 9.94. The van der Waals surface area contributed by atoms with Crippen molar-refractivity contribution in [3.63, 3.8) is 0 Å². The minimum Gasteiger partial charge on any atom is -0.0821 e. The number of allylic oxidation sites excluding steroid dienone is 4. The second kappa shape index (κ2) is 3.21. The van der Waals surface area contributed by atoms with Gasteiger partial charge in [-0.15, -0.1) is 0 Å². The molecule has 2 rings (SSSR count). The quantitative estimate of drug-likeness (QED) is 0.393. The third kappa shape index (κ3) is 1.33. The molecule has 0 aliphatic heterocycles. The van der Waals surface area contributed by atoms with Gasteiger partial charge in [0.25, 0.3) is 0 Å². The van der Waals surface area contributed by atoms with Gasteiger partial charge in [-0.05, 0) is 6.42 Å². The van der Waals surface area contributed by atoms with Crippen molar-refractivity contribution in [1.82, 2.24) is 0 Å². The summed E-state index contributed by atoms with van der Waals surface area (Å²) in [6.45, 7) is 0. The number of halogens is 4. The minimum atomic E-state index is -0.0949. The summed E-state index contributed by atoms with van der Waals surface area (Å²) in [5, 5.41) is 0. The molecule has 2 bridgehead atoms. The Morgan fingerprint density at radius 3 is 2.58 bits per heavy atom. The number of fused-ring (bicyclic) bond motifs is 2. The van der Waals surface area contributed by atoms with Gasteiger partial charge in [-0.3, -0.25) is 0 Å². The van der Waals surface area contributed by atoms with Crippen LogP contribution in [0.15, 0.2) is 21.1 Å². The SMILES string of the molecule is BrC1=C(Br)C(Br)(Br)[C@@H]2C=C[C@H]1C2. The van der Waals surface area contributed by atoms with Gasteiger partial charge in [0.1, 0.15) is 3.23 Å². The van der Waals surface area contributed by atoms with Crippen LogP contribution in [-0.4, -0.2) is 3.23 Å². The van der Waals surface area contributed by atoms with Crippen molar-refractivity contribution in [2.75, 3.05) is 0 Å². The van der Waals surface area contributed by atoms with E-state index in [2.05, 4.69) is 75.9 Å². The highest BCUT2D eigenvalue weighted by molar-refractivity contribution is 9.26. The zero-order chi connectivity index (χ0) is 8.93. The first-order chi connectivity index (χ1) is 5.53. The smallest absolute Gasteiger partial charge is 0.0821 e. The van der Waals surface area contributed by atoms with Crippen molar-refractivity contribution in [2.45, 2.75) is 9.65 Å². The molecule has 2 atom stereocenters. The van der Waals surface area contributed by atoms with Crippen molar-refractivity contribution < 1.29 is 0 Å². The lowest BCUT2D eigenvalue weighted by Crippen LogP contribution is -2.27. The Kier molecular flexibility index (Phi) is 2.66. The monoisotopic (exact) mass is 418 g/mol. The average molecular weight is 422 g/mol. The van der Waals surface area contributed by atoms with E-state index in [1.165, 1.54) is 15.4 Å². The molecule has 2 aliphatic rings. The molecule has 12 heavy (non-hydrogen) atoms. The van der Waals surface area contributed by atoms with Crippen LogP contribution in [0.4, 0.5) is 0 Å². The molecule has 4 heteroatoms. The standard InChI is InChI=1S/C8H6Br4/c9-6-4-1-2-5(3-4)8(11,12)7(6)10/h1-2,4-5H,3H2/t4-,5+/m0/s1. The molecule has 0 heterocycles. The molecule has 0 saturated heterocycles. The second-order valence-corrected chi connectivity index (χ2v) is 8.33. The van der Waals surface area contributed by atoms with Crippen molar-refractivity contribution in [3.8, 4) is 0 Å². The summed E-state index contributed by atoms with van der Waals surface area (Å²) in [4.78, 5) is 0. The lowest BCUT2D eigenvalue weighted by molar-refractivity contribution is 0.552. The van der Waals surface area contributed by atoms with E-state index in [0.717, 1.165) is 0 Å². The zero-order valence-corrected chi connectivity index (χ0v) is 12.4. The fourth-order valence-corrected chi connectivity index (χ4v) is 4.52. The molecular formula is C8H6Br4. The van der Waals surface area contributed by atoms with Gasteiger partial charge in [-0.2, -0.15) is 0 Å². The van der Waals surface area contributed by atoms with E-state index in [-0.39, 0.29) is 3.23 Å². The first kappa shape index (κ1) is 9.94. The van der Waals surface area contributed by atoms with E-state index in [1.54, 1.807) is 0 Å². The maximum absolute atomic E-state index is 3.68. The van der Waals surface area contributed by atoms with Crippen LogP contribution in [0.3, 0.4) is 0 Å². The van der Waals surface area contributed by atoms with Crippen LogP contribution >= 0.6 is 63.7 Å². The third-order valence-electron chi connectivity index (χ3n) is 2.38. The fourth-order valence-electron chi connectivity index (χ4n) is 1.64. The van der Waals surface area contributed by atoms with Crippen molar-refractivity contribution >= 4 is 63.7 Å². The second-order valence-electron chi connectivity index (χ2n) is 3.12. The Balaban J connectivity index is 2.51. The number of hydrogen-bond acceptors (Lipinski definition) is 0. The Bertz CT molecular complexity index is 277. The summed E-state index contributed by atoms with van der Waals surface area (Å²) in [7, 11) is 0. The largest absolute Gasteiger partial charge is 0.119 e. The van der Waals surface area contributed by atoms with Gasteiger partial charge in [0, 0.05) is 20.8 Å². The van der Waals surface area contributed by atoms with E-state index in [0.29, 0.717) is 11.8 Å². The fraction of sp³-hybridized carbons (Fsp3) is 0.500. The third-order valence-corrected chi connectivity index (χ3v) is 7.98. The predicted octanol–water partition coefficient (Wildman–Crippen LogP) is 4.68. The van der Waals surface area contributed by atoms with E-state index in [9.17, 15) is 0 Å². The van der Waals surface area contributed by atoms with Gasteiger partial charge in [-0.1, -0.05) is 75.9 Å². The number of rotatable bonds is 0. The summed E-state index contributed by atoms with van der Waals surface area (Å²) < 4.78 is 2.34. The molecule has 0 saturated carbocycles. The lowest BCUT2D eigenvalue weighted by Gasteiger charge is -2.32. The average Bonchev–Trinajstić information content (AvgIpc) is 2.46. The molecule has 0 unspecified atom stereocenters. The summed E-state index contributed by atoms with van der Waals surface area (Å²) in [5.41, 5.74) is 0. The number of alkyl halides is 2. The molecule has 2 aliphatic carbocycles. The molecule has 0 N–H and O–H groups in total. The predicted molar refractivity (Wildman–Crippen MR) is 66.2 cm³/mol. The highest BCUT2D eigenvalue weighted by Gasteiger charge is 2.45.